The van der Waals surface area contributed by atoms with Crippen molar-refractivity contribution in [3.05, 3.63) is 0 Å². The minimum atomic E-state index is 0. The maximum atomic E-state index is 12.5. The van der Waals surface area contributed by atoms with E-state index >= 15 is 0 Å². The highest BCUT2D eigenvalue weighted by Crippen LogP contribution is 2.19. The summed E-state index contributed by atoms with van der Waals surface area (Å²) in [5.41, 5.74) is 0. The van der Waals surface area contributed by atoms with Gasteiger partial charge in [-0.05, 0) is 38.5 Å². The van der Waals surface area contributed by atoms with Gasteiger partial charge in [0.15, 0.2) is 0 Å². The fourth-order valence-corrected chi connectivity index (χ4v) is 3.42. The molecule has 1 saturated heterocycles. The molecular weight excluding hydrogens is 280 g/mol. The van der Waals surface area contributed by atoms with Crippen LogP contribution in [0.2, 0.25) is 0 Å². The number of carbonyl (C=O) groups is 1. The van der Waals surface area contributed by atoms with Crippen molar-refractivity contribution < 1.29 is 4.79 Å². The molecule has 1 amide bonds. The van der Waals surface area contributed by atoms with Crippen LogP contribution in [0.25, 0.3) is 0 Å². The summed E-state index contributed by atoms with van der Waals surface area (Å²) in [6.45, 7) is 9.34. The molecule has 0 aliphatic carbocycles. The average molecular weight is 309 g/mol. The standard InChI is InChI=1S/C14H28N2OS.ClH/c1-4-6-10-18-12(3)14(17)16(9-5-2)13-7-8-15-11-13;/h12-13,15H,4-11H2,1-3H3;1H. The molecule has 19 heavy (non-hydrogen) atoms. The molecule has 2 unspecified atom stereocenters. The Morgan fingerprint density at radius 1 is 1.42 bits per heavy atom. The highest BCUT2D eigenvalue weighted by Gasteiger charge is 2.28. The van der Waals surface area contributed by atoms with E-state index < -0.39 is 0 Å². The SMILES string of the molecule is CCCCSC(C)C(=O)N(CCC)C1CCNC1.Cl. The third-order valence-corrected chi connectivity index (χ3v) is 4.66. The van der Waals surface area contributed by atoms with Crippen LogP contribution in [0.1, 0.15) is 46.5 Å². The summed E-state index contributed by atoms with van der Waals surface area (Å²) in [5, 5.41) is 3.47. The molecule has 0 aromatic rings. The van der Waals surface area contributed by atoms with Crippen molar-refractivity contribution in [2.75, 3.05) is 25.4 Å². The smallest absolute Gasteiger partial charge is 0.235 e. The molecule has 0 radical (unpaired) electrons. The molecule has 0 aromatic carbocycles. The van der Waals surface area contributed by atoms with Crippen LogP contribution >= 0.6 is 24.2 Å². The van der Waals surface area contributed by atoms with Crippen molar-refractivity contribution in [1.82, 2.24) is 10.2 Å². The number of carbonyl (C=O) groups excluding carboxylic acids is 1. The summed E-state index contributed by atoms with van der Waals surface area (Å²) in [4.78, 5) is 14.6. The first-order chi connectivity index (χ1) is 8.70. The maximum absolute atomic E-state index is 12.5. The Balaban J connectivity index is 0.00000324. The first-order valence-corrected chi connectivity index (χ1v) is 8.38. The van der Waals surface area contributed by atoms with Gasteiger partial charge in [0.1, 0.15) is 0 Å². The van der Waals surface area contributed by atoms with Crippen LogP contribution in [0.15, 0.2) is 0 Å². The first kappa shape index (κ1) is 19.1. The van der Waals surface area contributed by atoms with Crippen LogP contribution in [-0.4, -0.2) is 47.5 Å². The molecular formula is C14H29ClN2OS. The Hall–Kier alpha value is 0.0700. The normalized spacial score (nSPS) is 19.8. The van der Waals surface area contributed by atoms with Crippen LogP contribution < -0.4 is 5.32 Å². The summed E-state index contributed by atoms with van der Waals surface area (Å²) in [6, 6.07) is 0.423. The van der Waals surface area contributed by atoms with Crippen LogP contribution in [-0.2, 0) is 4.79 Å². The molecule has 0 spiro atoms. The third kappa shape index (κ3) is 6.37. The Kier molecular flexibility index (Phi) is 10.8. The van der Waals surface area contributed by atoms with Gasteiger partial charge in [-0.2, -0.15) is 0 Å². The molecule has 1 aliphatic rings. The van der Waals surface area contributed by atoms with Gasteiger partial charge in [0.05, 0.1) is 5.25 Å². The van der Waals surface area contributed by atoms with Gasteiger partial charge in [-0.1, -0.05) is 20.3 Å². The Bertz CT molecular complexity index is 248. The Morgan fingerprint density at radius 3 is 2.68 bits per heavy atom. The number of hydrogen-bond donors (Lipinski definition) is 1. The lowest BCUT2D eigenvalue weighted by atomic mass is 10.2. The zero-order chi connectivity index (χ0) is 13.4. The van der Waals surface area contributed by atoms with E-state index in [0.29, 0.717) is 11.9 Å². The van der Waals surface area contributed by atoms with Crippen molar-refractivity contribution in [2.24, 2.45) is 0 Å². The van der Waals surface area contributed by atoms with Gasteiger partial charge in [-0.3, -0.25) is 4.79 Å². The highest BCUT2D eigenvalue weighted by molar-refractivity contribution is 8.00. The van der Waals surface area contributed by atoms with Crippen molar-refractivity contribution in [3.63, 3.8) is 0 Å². The number of thioether (sulfide) groups is 1. The van der Waals surface area contributed by atoms with Crippen molar-refractivity contribution in [3.8, 4) is 0 Å². The van der Waals surface area contributed by atoms with E-state index in [2.05, 4.69) is 31.0 Å². The average Bonchev–Trinajstić information content (AvgIpc) is 2.89. The predicted molar refractivity (Wildman–Crippen MR) is 87.4 cm³/mol. The molecule has 2 atom stereocenters. The van der Waals surface area contributed by atoms with Gasteiger partial charge >= 0.3 is 0 Å². The predicted octanol–water partition coefficient (Wildman–Crippen LogP) is 2.93. The molecule has 1 N–H and O–H groups in total. The van der Waals surface area contributed by atoms with Gasteiger partial charge in [0.25, 0.3) is 0 Å². The fraction of sp³-hybridized carbons (Fsp3) is 0.929. The molecule has 1 rings (SSSR count). The lowest BCUT2D eigenvalue weighted by Gasteiger charge is -2.30. The lowest BCUT2D eigenvalue weighted by molar-refractivity contribution is -0.132. The van der Waals surface area contributed by atoms with Gasteiger partial charge in [-0.25, -0.2) is 0 Å². The van der Waals surface area contributed by atoms with E-state index in [4.69, 9.17) is 0 Å². The van der Waals surface area contributed by atoms with Gasteiger partial charge in [0.2, 0.25) is 5.91 Å². The summed E-state index contributed by atoms with van der Waals surface area (Å²) < 4.78 is 0. The monoisotopic (exact) mass is 308 g/mol. The summed E-state index contributed by atoms with van der Waals surface area (Å²) in [5.74, 6) is 1.44. The third-order valence-electron chi connectivity index (χ3n) is 3.44. The van der Waals surface area contributed by atoms with E-state index in [-0.39, 0.29) is 17.7 Å². The van der Waals surface area contributed by atoms with Gasteiger partial charge in [-0.15, -0.1) is 24.2 Å². The molecule has 5 heteroatoms. The van der Waals surface area contributed by atoms with E-state index in [1.807, 2.05) is 11.8 Å². The number of nitrogens with zero attached hydrogens (tertiary/aromatic N) is 1. The molecule has 0 bridgehead atoms. The van der Waals surface area contributed by atoms with Crippen LogP contribution in [0.3, 0.4) is 0 Å². The minimum absolute atomic E-state index is 0. The number of unbranched alkanes of at least 4 members (excludes halogenated alkanes) is 1. The molecule has 1 fully saturated rings. The van der Waals surface area contributed by atoms with Gasteiger partial charge in [0, 0.05) is 19.1 Å². The zero-order valence-electron chi connectivity index (χ0n) is 12.5. The molecule has 0 aromatic heterocycles. The van der Waals surface area contributed by atoms with E-state index in [0.717, 1.165) is 38.2 Å². The largest absolute Gasteiger partial charge is 0.337 e. The minimum Gasteiger partial charge on any atom is -0.337 e. The topological polar surface area (TPSA) is 32.3 Å². The zero-order valence-corrected chi connectivity index (χ0v) is 14.1. The van der Waals surface area contributed by atoms with Crippen molar-refractivity contribution in [2.45, 2.75) is 57.7 Å². The van der Waals surface area contributed by atoms with Gasteiger partial charge < -0.3 is 10.2 Å². The Morgan fingerprint density at radius 2 is 2.16 bits per heavy atom. The second kappa shape index (κ2) is 10.8. The second-order valence-electron chi connectivity index (χ2n) is 5.04. The Labute approximate surface area is 128 Å². The molecule has 0 saturated carbocycles. The second-order valence-corrected chi connectivity index (χ2v) is 6.49. The summed E-state index contributed by atoms with van der Waals surface area (Å²) in [7, 11) is 0. The number of nitrogens with one attached hydrogen (secondary N) is 1. The van der Waals surface area contributed by atoms with E-state index in [1.54, 1.807) is 0 Å². The summed E-state index contributed by atoms with van der Waals surface area (Å²) in [6.07, 6.45) is 4.58. The molecule has 3 nitrogen and oxygen atoms in total. The van der Waals surface area contributed by atoms with Crippen molar-refractivity contribution in [1.29, 1.82) is 0 Å². The number of hydrogen-bond acceptors (Lipinski definition) is 3. The number of amides is 1. The van der Waals surface area contributed by atoms with E-state index in [9.17, 15) is 4.79 Å². The first-order valence-electron chi connectivity index (χ1n) is 7.33. The highest BCUT2D eigenvalue weighted by atomic mass is 35.5. The van der Waals surface area contributed by atoms with E-state index in [1.165, 1.54) is 12.8 Å². The molecule has 114 valence electrons. The quantitative estimate of drug-likeness (QED) is 0.700. The fourth-order valence-electron chi connectivity index (χ4n) is 2.33. The van der Waals surface area contributed by atoms with Crippen LogP contribution in [0.5, 0.6) is 0 Å². The lowest BCUT2D eigenvalue weighted by Crippen LogP contribution is -2.45. The molecule has 1 heterocycles. The van der Waals surface area contributed by atoms with Crippen molar-refractivity contribution >= 4 is 30.1 Å². The number of rotatable bonds is 8. The van der Waals surface area contributed by atoms with Crippen LogP contribution in [0, 0.1) is 0 Å². The number of halogens is 1. The van der Waals surface area contributed by atoms with Crippen LogP contribution in [0.4, 0.5) is 0 Å². The summed E-state index contributed by atoms with van der Waals surface area (Å²) >= 11 is 1.81. The maximum Gasteiger partial charge on any atom is 0.235 e. The molecule has 1 aliphatic heterocycles.